The summed E-state index contributed by atoms with van der Waals surface area (Å²) in [5.41, 5.74) is -3.22. The molecule has 6 nitrogen and oxygen atoms in total. The van der Waals surface area contributed by atoms with Gasteiger partial charge in [-0.1, -0.05) is 12.1 Å². The molecule has 0 radical (unpaired) electrons. The zero-order valence-electron chi connectivity index (χ0n) is 12.1. The van der Waals surface area contributed by atoms with Gasteiger partial charge in [-0.05, 0) is 12.1 Å². The van der Waals surface area contributed by atoms with Crippen LogP contribution in [-0.4, -0.2) is 49.2 Å². The quantitative estimate of drug-likeness (QED) is 0.909. The zero-order valence-corrected chi connectivity index (χ0v) is 12.1. The highest BCUT2D eigenvalue weighted by molar-refractivity contribution is 5.96. The van der Waals surface area contributed by atoms with Crippen molar-refractivity contribution in [2.45, 2.75) is 11.8 Å². The van der Waals surface area contributed by atoms with Crippen molar-refractivity contribution in [3.05, 3.63) is 29.8 Å². The summed E-state index contributed by atoms with van der Waals surface area (Å²) in [5, 5.41) is 1.88. The van der Waals surface area contributed by atoms with Gasteiger partial charge in [0.25, 0.3) is 0 Å². The maximum atomic E-state index is 13.7. The van der Waals surface area contributed by atoms with Crippen molar-refractivity contribution in [2.24, 2.45) is 0 Å². The maximum absolute atomic E-state index is 13.7. The van der Waals surface area contributed by atoms with E-state index in [-0.39, 0.29) is 5.56 Å². The summed E-state index contributed by atoms with van der Waals surface area (Å²) < 4.78 is 46.1. The van der Waals surface area contributed by atoms with E-state index in [1.165, 1.54) is 19.2 Å². The standard InChI is InChI=1S/C13H14F3N3O3/c1-18-10(20)17-12(13(14,15)16,19(2)11(18)21)8-4-6-9(22-3)7-5-8/h4-7H,1-3H3,(H,17,20)/t12-/m0/s1. The smallest absolute Gasteiger partial charge is 0.435 e. The van der Waals surface area contributed by atoms with Gasteiger partial charge in [-0.3, -0.25) is 4.90 Å². The number of hydrogen-bond donors (Lipinski definition) is 1. The zero-order chi connectivity index (χ0) is 16.7. The molecule has 1 aromatic carbocycles. The van der Waals surface area contributed by atoms with E-state index in [9.17, 15) is 22.8 Å². The predicted octanol–water partition coefficient (Wildman–Crippen LogP) is 2.12. The van der Waals surface area contributed by atoms with E-state index < -0.39 is 23.9 Å². The number of imide groups is 1. The van der Waals surface area contributed by atoms with E-state index in [2.05, 4.69) is 0 Å². The molecule has 1 fully saturated rings. The van der Waals surface area contributed by atoms with E-state index in [1.807, 2.05) is 5.32 Å². The first-order chi connectivity index (χ1) is 10.1. The second-order valence-electron chi connectivity index (χ2n) is 4.77. The van der Waals surface area contributed by atoms with Crippen molar-refractivity contribution >= 4 is 12.1 Å². The topological polar surface area (TPSA) is 61.9 Å². The summed E-state index contributed by atoms with van der Waals surface area (Å²) in [7, 11) is 3.46. The number of halogens is 3. The highest BCUT2D eigenvalue weighted by Crippen LogP contribution is 2.43. The number of benzene rings is 1. The molecule has 4 amide bonds. The van der Waals surface area contributed by atoms with Crippen molar-refractivity contribution in [3.63, 3.8) is 0 Å². The molecule has 120 valence electrons. The van der Waals surface area contributed by atoms with Crippen molar-refractivity contribution in [2.75, 3.05) is 21.2 Å². The molecule has 0 unspecified atom stereocenters. The molecule has 2 rings (SSSR count). The average molecular weight is 317 g/mol. The number of hydrogen-bond acceptors (Lipinski definition) is 3. The van der Waals surface area contributed by atoms with Gasteiger partial charge in [0.05, 0.1) is 7.11 Å². The molecule has 0 spiro atoms. The number of methoxy groups -OCH3 is 1. The Kier molecular flexibility index (Phi) is 3.68. The van der Waals surface area contributed by atoms with E-state index in [0.717, 1.165) is 26.2 Å². The summed E-state index contributed by atoms with van der Waals surface area (Å²) in [6.07, 6.45) is -4.91. The minimum atomic E-state index is -4.91. The Morgan fingerprint density at radius 3 is 2.14 bits per heavy atom. The first-order valence-electron chi connectivity index (χ1n) is 6.20. The van der Waals surface area contributed by atoms with Crippen LogP contribution < -0.4 is 10.1 Å². The number of amides is 4. The van der Waals surface area contributed by atoms with Crippen LogP contribution in [0.1, 0.15) is 5.56 Å². The molecule has 1 saturated heterocycles. The number of urea groups is 2. The Morgan fingerprint density at radius 2 is 1.68 bits per heavy atom. The molecule has 1 aromatic rings. The lowest BCUT2D eigenvalue weighted by molar-refractivity contribution is -0.237. The normalized spacial score (nSPS) is 22.6. The number of carbonyl (C=O) groups is 2. The second kappa shape index (κ2) is 5.08. The largest absolute Gasteiger partial charge is 0.497 e. The lowest BCUT2D eigenvalue weighted by atomic mass is 9.95. The lowest BCUT2D eigenvalue weighted by Gasteiger charge is -2.48. The molecular weight excluding hydrogens is 303 g/mol. The van der Waals surface area contributed by atoms with Crippen LogP contribution in [0, 0.1) is 0 Å². The van der Waals surface area contributed by atoms with Crippen LogP contribution in [-0.2, 0) is 5.66 Å². The van der Waals surface area contributed by atoms with Crippen molar-refractivity contribution in [1.82, 2.24) is 15.1 Å². The van der Waals surface area contributed by atoms with Crippen LogP contribution in [0.2, 0.25) is 0 Å². The summed E-state index contributed by atoms with van der Waals surface area (Å²) in [6.45, 7) is 0. The fraction of sp³-hybridized carbons (Fsp3) is 0.385. The number of alkyl halides is 3. The van der Waals surface area contributed by atoms with Crippen LogP contribution in [0.25, 0.3) is 0 Å². The fourth-order valence-corrected chi connectivity index (χ4v) is 2.30. The van der Waals surface area contributed by atoms with Gasteiger partial charge in [0.2, 0.25) is 5.66 Å². The molecule has 0 aromatic heterocycles. The molecule has 1 atom stereocenters. The predicted molar refractivity (Wildman–Crippen MR) is 70.2 cm³/mol. The Balaban J connectivity index is 2.62. The van der Waals surface area contributed by atoms with Gasteiger partial charge < -0.3 is 10.1 Å². The Bertz CT molecular complexity index is 603. The molecule has 1 heterocycles. The molecule has 0 aliphatic carbocycles. The fourth-order valence-electron chi connectivity index (χ4n) is 2.30. The van der Waals surface area contributed by atoms with Gasteiger partial charge in [0.1, 0.15) is 5.75 Å². The summed E-state index contributed by atoms with van der Waals surface area (Å²) >= 11 is 0. The Morgan fingerprint density at radius 1 is 1.14 bits per heavy atom. The van der Waals surface area contributed by atoms with Gasteiger partial charge in [-0.25, -0.2) is 14.5 Å². The van der Waals surface area contributed by atoms with E-state index in [1.54, 1.807) is 0 Å². The second-order valence-corrected chi connectivity index (χ2v) is 4.77. The third-order valence-electron chi connectivity index (χ3n) is 3.59. The number of nitrogens with zero attached hydrogens (tertiary/aromatic N) is 2. The van der Waals surface area contributed by atoms with Crippen LogP contribution in [0.5, 0.6) is 5.75 Å². The molecule has 0 saturated carbocycles. The number of nitrogens with one attached hydrogen (secondary N) is 1. The molecule has 22 heavy (non-hydrogen) atoms. The lowest BCUT2D eigenvalue weighted by Crippen LogP contribution is -2.73. The van der Waals surface area contributed by atoms with Gasteiger partial charge in [-0.2, -0.15) is 13.2 Å². The third-order valence-corrected chi connectivity index (χ3v) is 3.59. The van der Waals surface area contributed by atoms with Crippen LogP contribution >= 0.6 is 0 Å². The van der Waals surface area contributed by atoms with Crippen LogP contribution in [0.3, 0.4) is 0 Å². The number of carbonyl (C=O) groups excluding carboxylic acids is 2. The van der Waals surface area contributed by atoms with Crippen LogP contribution in [0.15, 0.2) is 24.3 Å². The molecule has 9 heteroatoms. The minimum Gasteiger partial charge on any atom is -0.497 e. The van der Waals surface area contributed by atoms with Gasteiger partial charge in [0.15, 0.2) is 0 Å². The highest BCUT2D eigenvalue weighted by atomic mass is 19.4. The third kappa shape index (κ3) is 2.13. The molecule has 0 bridgehead atoms. The summed E-state index contributed by atoms with van der Waals surface area (Å²) in [6, 6.07) is 2.77. The summed E-state index contributed by atoms with van der Waals surface area (Å²) in [4.78, 5) is 24.7. The van der Waals surface area contributed by atoms with Crippen molar-refractivity contribution < 1.29 is 27.5 Å². The molecule has 1 N–H and O–H groups in total. The van der Waals surface area contributed by atoms with Gasteiger partial charge >= 0.3 is 18.2 Å². The minimum absolute atomic E-state index is 0.293. The summed E-state index contributed by atoms with van der Waals surface area (Å²) in [5.74, 6) is 0.356. The maximum Gasteiger partial charge on any atom is 0.435 e. The molecular formula is C13H14F3N3O3. The van der Waals surface area contributed by atoms with Crippen molar-refractivity contribution in [1.29, 1.82) is 0 Å². The van der Waals surface area contributed by atoms with E-state index in [0.29, 0.717) is 15.5 Å². The Hall–Kier alpha value is -2.45. The molecule has 1 aliphatic rings. The first-order valence-corrected chi connectivity index (χ1v) is 6.20. The SMILES string of the molecule is COc1ccc([C@]2(C(F)(F)F)NC(=O)N(C)C(=O)N2C)cc1. The Labute approximate surface area is 124 Å². The van der Waals surface area contributed by atoms with Crippen molar-refractivity contribution in [3.8, 4) is 5.75 Å². The molecule has 1 aliphatic heterocycles. The average Bonchev–Trinajstić information content (AvgIpc) is 2.47. The highest BCUT2D eigenvalue weighted by Gasteiger charge is 2.64. The number of ether oxygens (including phenoxy) is 1. The van der Waals surface area contributed by atoms with Crippen LogP contribution in [0.4, 0.5) is 22.8 Å². The van der Waals surface area contributed by atoms with Gasteiger partial charge in [0, 0.05) is 19.7 Å². The van der Waals surface area contributed by atoms with E-state index in [4.69, 9.17) is 4.74 Å². The van der Waals surface area contributed by atoms with E-state index >= 15 is 0 Å². The van der Waals surface area contributed by atoms with Gasteiger partial charge in [-0.15, -0.1) is 0 Å². The number of rotatable bonds is 2. The first kappa shape index (κ1) is 15.9. The monoisotopic (exact) mass is 317 g/mol.